The summed E-state index contributed by atoms with van der Waals surface area (Å²) in [7, 11) is -3.63. The van der Waals surface area contributed by atoms with E-state index in [0.29, 0.717) is 13.0 Å². The smallest absolute Gasteiger partial charge is 0.240 e. The predicted octanol–water partition coefficient (Wildman–Crippen LogP) is 2.12. The number of sulfonamides is 1. The van der Waals surface area contributed by atoms with E-state index >= 15 is 0 Å². The molecular formula is C22H27N3O4S. The Hall–Kier alpha value is -2.26. The summed E-state index contributed by atoms with van der Waals surface area (Å²) >= 11 is 0. The Kier molecular flexibility index (Phi) is 6.48. The first kappa shape index (κ1) is 21.0. The van der Waals surface area contributed by atoms with Crippen LogP contribution in [0.3, 0.4) is 0 Å². The molecule has 0 aliphatic carbocycles. The largest absolute Gasteiger partial charge is 0.379 e. The lowest BCUT2D eigenvalue weighted by molar-refractivity contribution is -0.117. The van der Waals surface area contributed by atoms with Gasteiger partial charge in [-0.25, -0.2) is 13.1 Å². The number of ether oxygens (including phenoxy) is 1. The number of morpholine rings is 1. The van der Waals surface area contributed by atoms with Gasteiger partial charge in [-0.15, -0.1) is 0 Å². The van der Waals surface area contributed by atoms with Crippen LogP contribution in [-0.4, -0.2) is 52.1 Å². The standard InChI is InChI=1S/C22H27N3O4S/c26-22-5-2-10-25(22)20-6-8-21(9-7-20)30(27,28)23-16-18-3-1-4-19(15-18)17-24-11-13-29-14-12-24/h1,3-4,6-9,15,23H,2,5,10-14,16-17H2. The summed E-state index contributed by atoms with van der Waals surface area (Å²) in [5, 5.41) is 0. The number of carbonyl (C=O) groups is 1. The number of rotatable bonds is 7. The van der Waals surface area contributed by atoms with Gasteiger partial charge in [-0.1, -0.05) is 24.3 Å². The molecule has 4 rings (SSSR count). The average molecular weight is 430 g/mol. The van der Waals surface area contributed by atoms with E-state index in [1.807, 2.05) is 18.2 Å². The average Bonchev–Trinajstić information content (AvgIpc) is 3.19. The van der Waals surface area contributed by atoms with Crippen LogP contribution in [0.5, 0.6) is 0 Å². The zero-order valence-electron chi connectivity index (χ0n) is 16.9. The van der Waals surface area contributed by atoms with Crippen molar-refractivity contribution in [1.82, 2.24) is 9.62 Å². The van der Waals surface area contributed by atoms with E-state index in [2.05, 4.69) is 15.7 Å². The van der Waals surface area contributed by atoms with Crippen molar-refractivity contribution in [3.8, 4) is 0 Å². The molecule has 1 N–H and O–H groups in total. The van der Waals surface area contributed by atoms with Gasteiger partial charge in [0, 0.05) is 44.8 Å². The predicted molar refractivity (Wildman–Crippen MR) is 115 cm³/mol. The van der Waals surface area contributed by atoms with Crippen molar-refractivity contribution in [3.05, 3.63) is 59.7 Å². The Balaban J connectivity index is 1.38. The van der Waals surface area contributed by atoms with Gasteiger partial charge in [0.25, 0.3) is 0 Å². The molecule has 0 saturated carbocycles. The molecule has 2 heterocycles. The normalized spacial score (nSPS) is 18.1. The maximum Gasteiger partial charge on any atom is 0.240 e. The summed E-state index contributed by atoms with van der Waals surface area (Å²) in [5.41, 5.74) is 2.82. The van der Waals surface area contributed by atoms with Crippen molar-refractivity contribution >= 4 is 21.6 Å². The Bertz CT molecular complexity index is 986. The fourth-order valence-electron chi connectivity index (χ4n) is 3.84. The zero-order chi connectivity index (χ0) is 21.0. The molecule has 2 aliphatic rings. The van der Waals surface area contributed by atoms with E-state index < -0.39 is 10.0 Å². The van der Waals surface area contributed by atoms with E-state index in [1.165, 1.54) is 0 Å². The summed E-state index contributed by atoms with van der Waals surface area (Å²) in [6.07, 6.45) is 1.39. The molecule has 8 heteroatoms. The second kappa shape index (κ2) is 9.26. The fraction of sp³-hybridized carbons (Fsp3) is 0.409. The lowest BCUT2D eigenvalue weighted by Crippen LogP contribution is -2.35. The summed E-state index contributed by atoms with van der Waals surface area (Å²) in [5.74, 6) is 0.0840. The van der Waals surface area contributed by atoms with Gasteiger partial charge >= 0.3 is 0 Å². The van der Waals surface area contributed by atoms with Crippen molar-refractivity contribution in [3.63, 3.8) is 0 Å². The minimum Gasteiger partial charge on any atom is -0.379 e. The summed E-state index contributed by atoms with van der Waals surface area (Å²) in [4.78, 5) is 16.1. The monoisotopic (exact) mass is 429 g/mol. The van der Waals surface area contributed by atoms with Crippen LogP contribution in [0.1, 0.15) is 24.0 Å². The molecule has 2 aromatic rings. The topological polar surface area (TPSA) is 79.0 Å². The molecule has 2 fully saturated rings. The third-order valence-electron chi connectivity index (χ3n) is 5.50. The second-order valence-corrected chi connectivity index (χ2v) is 9.44. The lowest BCUT2D eigenvalue weighted by atomic mass is 10.1. The number of carbonyl (C=O) groups excluding carboxylic acids is 1. The molecule has 160 valence electrons. The van der Waals surface area contributed by atoms with E-state index in [4.69, 9.17) is 4.74 Å². The first-order valence-corrected chi connectivity index (χ1v) is 11.8. The molecule has 0 bridgehead atoms. The van der Waals surface area contributed by atoms with E-state index in [0.717, 1.165) is 56.1 Å². The Morgan fingerprint density at radius 3 is 2.40 bits per heavy atom. The molecule has 7 nitrogen and oxygen atoms in total. The molecule has 30 heavy (non-hydrogen) atoms. The molecule has 0 unspecified atom stereocenters. The number of anilines is 1. The first-order chi connectivity index (χ1) is 14.5. The van der Waals surface area contributed by atoms with Crippen molar-refractivity contribution in [2.24, 2.45) is 0 Å². The second-order valence-electron chi connectivity index (χ2n) is 7.68. The molecule has 2 aromatic carbocycles. The minimum absolute atomic E-state index is 0.0840. The number of amides is 1. The number of hydrogen-bond acceptors (Lipinski definition) is 5. The van der Waals surface area contributed by atoms with Crippen molar-refractivity contribution in [2.75, 3.05) is 37.7 Å². The molecular weight excluding hydrogens is 402 g/mol. The molecule has 0 aromatic heterocycles. The van der Waals surface area contributed by atoms with Gasteiger partial charge < -0.3 is 9.64 Å². The van der Waals surface area contributed by atoms with Gasteiger partial charge in [-0.2, -0.15) is 0 Å². The Labute approximate surface area is 177 Å². The summed E-state index contributed by atoms with van der Waals surface area (Å²) in [6, 6.07) is 14.5. The van der Waals surface area contributed by atoms with Gasteiger partial charge in [0.05, 0.1) is 18.1 Å². The number of nitrogens with zero attached hydrogens (tertiary/aromatic N) is 2. The highest BCUT2D eigenvalue weighted by molar-refractivity contribution is 7.89. The molecule has 0 atom stereocenters. The van der Waals surface area contributed by atoms with Gasteiger partial charge in [0.1, 0.15) is 0 Å². The van der Waals surface area contributed by atoms with Gasteiger partial charge in [-0.3, -0.25) is 9.69 Å². The maximum absolute atomic E-state index is 12.7. The van der Waals surface area contributed by atoms with Crippen LogP contribution in [-0.2, 0) is 32.6 Å². The highest BCUT2D eigenvalue weighted by Crippen LogP contribution is 2.23. The highest BCUT2D eigenvalue weighted by Gasteiger charge is 2.22. The maximum atomic E-state index is 12.7. The summed E-state index contributed by atoms with van der Waals surface area (Å²) < 4.78 is 33.4. The SMILES string of the molecule is O=C1CCCN1c1ccc(S(=O)(=O)NCc2cccc(CN3CCOCC3)c2)cc1. The number of benzene rings is 2. The van der Waals surface area contributed by atoms with Gasteiger partial charge in [-0.05, 0) is 41.8 Å². The quantitative estimate of drug-likeness (QED) is 0.730. The van der Waals surface area contributed by atoms with Crippen LogP contribution in [0.25, 0.3) is 0 Å². The molecule has 2 aliphatic heterocycles. The van der Waals surface area contributed by atoms with Crippen LogP contribution in [0.4, 0.5) is 5.69 Å². The fourth-order valence-corrected chi connectivity index (χ4v) is 4.86. The van der Waals surface area contributed by atoms with Gasteiger partial charge in [0.15, 0.2) is 0 Å². The Morgan fingerprint density at radius 2 is 1.70 bits per heavy atom. The Morgan fingerprint density at radius 1 is 0.967 bits per heavy atom. The number of hydrogen-bond donors (Lipinski definition) is 1. The molecule has 2 saturated heterocycles. The van der Waals surface area contributed by atoms with Crippen molar-refractivity contribution in [2.45, 2.75) is 30.8 Å². The third kappa shape index (κ3) is 5.07. The molecule has 0 spiro atoms. The van der Waals surface area contributed by atoms with E-state index in [1.54, 1.807) is 29.2 Å². The van der Waals surface area contributed by atoms with Crippen LogP contribution in [0, 0.1) is 0 Å². The lowest BCUT2D eigenvalue weighted by Gasteiger charge is -2.26. The van der Waals surface area contributed by atoms with Crippen molar-refractivity contribution < 1.29 is 17.9 Å². The zero-order valence-corrected chi connectivity index (χ0v) is 17.7. The number of nitrogens with one attached hydrogen (secondary N) is 1. The first-order valence-electron chi connectivity index (χ1n) is 10.3. The van der Waals surface area contributed by atoms with Crippen LogP contribution < -0.4 is 9.62 Å². The minimum atomic E-state index is -3.63. The summed E-state index contributed by atoms with van der Waals surface area (Å²) in [6.45, 7) is 5.08. The van der Waals surface area contributed by atoms with E-state index in [9.17, 15) is 13.2 Å². The van der Waals surface area contributed by atoms with Crippen LogP contribution in [0.15, 0.2) is 53.4 Å². The molecule has 1 amide bonds. The van der Waals surface area contributed by atoms with Gasteiger partial charge in [0.2, 0.25) is 15.9 Å². The van der Waals surface area contributed by atoms with E-state index in [-0.39, 0.29) is 17.3 Å². The van der Waals surface area contributed by atoms with Crippen LogP contribution >= 0.6 is 0 Å². The van der Waals surface area contributed by atoms with Crippen LogP contribution in [0.2, 0.25) is 0 Å². The molecule has 0 radical (unpaired) electrons. The highest BCUT2D eigenvalue weighted by atomic mass is 32.2. The third-order valence-corrected chi connectivity index (χ3v) is 6.92. The van der Waals surface area contributed by atoms with Crippen molar-refractivity contribution in [1.29, 1.82) is 0 Å².